The van der Waals surface area contributed by atoms with Crippen molar-refractivity contribution in [3.63, 3.8) is 0 Å². The van der Waals surface area contributed by atoms with Crippen molar-refractivity contribution in [1.29, 1.82) is 0 Å². The molecule has 4 aromatic rings. The monoisotopic (exact) mass is 468 g/mol. The molecule has 0 radical (unpaired) electrons. The van der Waals surface area contributed by atoms with Crippen LogP contribution in [-0.2, 0) is 11.4 Å². The summed E-state index contributed by atoms with van der Waals surface area (Å²) >= 11 is 6.26. The molecule has 1 aromatic heterocycles. The zero-order valence-electron chi connectivity index (χ0n) is 18.9. The van der Waals surface area contributed by atoms with E-state index in [9.17, 15) is 4.79 Å². The number of Topliss-reactive ketones (excluding diaryl/α,β-unsaturated/α-hetero) is 1. The van der Waals surface area contributed by atoms with Gasteiger partial charge in [-0.05, 0) is 54.4 Å². The number of nitrogens with zero attached hydrogens (tertiary/aromatic N) is 2. The lowest BCUT2D eigenvalue weighted by atomic mass is 9.70. The van der Waals surface area contributed by atoms with Gasteiger partial charge in [-0.25, -0.2) is 5.06 Å². The van der Waals surface area contributed by atoms with E-state index < -0.39 is 5.60 Å². The van der Waals surface area contributed by atoms with E-state index in [4.69, 9.17) is 16.4 Å². The Morgan fingerprint density at radius 1 is 0.882 bits per heavy atom. The second-order valence-electron chi connectivity index (χ2n) is 9.19. The van der Waals surface area contributed by atoms with Crippen LogP contribution < -0.4 is 5.06 Å². The first-order valence-electron chi connectivity index (χ1n) is 11.6. The number of anilines is 1. The molecular formula is C29H25ClN2O2. The first-order valence-corrected chi connectivity index (χ1v) is 12.0. The number of aryl methyl sites for hydroxylation is 2. The first kappa shape index (κ1) is 21.2. The van der Waals surface area contributed by atoms with Crippen LogP contribution in [0.2, 0.25) is 5.02 Å². The van der Waals surface area contributed by atoms with Crippen LogP contribution in [-0.4, -0.2) is 16.0 Å². The average Bonchev–Trinajstić information content (AvgIpc) is 3.47. The van der Waals surface area contributed by atoms with Gasteiger partial charge < -0.3 is 4.57 Å². The molecule has 1 saturated heterocycles. The number of para-hydroxylation sites is 1. The number of ketones is 1. The van der Waals surface area contributed by atoms with Crippen LogP contribution in [0, 0.1) is 6.92 Å². The third-order valence-electron chi connectivity index (χ3n) is 7.16. The molecule has 4 nitrogen and oxygen atoms in total. The predicted octanol–water partition coefficient (Wildman–Crippen LogP) is 6.75. The number of carbonyl (C=O) groups excluding carboxylic acids is 1. The number of aromatic nitrogens is 1. The number of rotatable bonds is 3. The summed E-state index contributed by atoms with van der Waals surface area (Å²) in [7, 11) is 0. The maximum Gasteiger partial charge on any atom is 0.214 e. The van der Waals surface area contributed by atoms with Crippen LogP contribution in [0.4, 0.5) is 5.69 Å². The molecule has 6 rings (SSSR count). The minimum absolute atomic E-state index is 0.0271. The summed E-state index contributed by atoms with van der Waals surface area (Å²) in [6.45, 7) is 2.81. The molecule has 0 amide bonds. The number of benzene rings is 3. The predicted molar refractivity (Wildman–Crippen MR) is 134 cm³/mol. The van der Waals surface area contributed by atoms with Gasteiger partial charge in [-0.15, -0.1) is 0 Å². The Hall–Kier alpha value is -3.34. The molecule has 5 heteroatoms. The van der Waals surface area contributed by atoms with Crippen LogP contribution in [0.5, 0.6) is 0 Å². The van der Waals surface area contributed by atoms with E-state index in [0.29, 0.717) is 17.1 Å². The van der Waals surface area contributed by atoms with Crippen molar-refractivity contribution >= 4 is 23.1 Å². The second-order valence-corrected chi connectivity index (χ2v) is 9.63. The van der Waals surface area contributed by atoms with Crippen LogP contribution in [0.15, 0.2) is 97.2 Å². The standard InChI is InChI=1S/C29H25ClN2O2/c1-20-9-11-22(12-10-20)27-26(21-13-15-23(30)16-14-21)29(34-32(27)24-6-3-2-4-7-24)17-19-31-18-5-8-25(31)28(29)33/h2-16,18,26-27H,17,19H2,1H3. The third kappa shape index (κ3) is 3.29. The third-order valence-corrected chi connectivity index (χ3v) is 7.41. The molecule has 2 aliphatic rings. The Bertz CT molecular complexity index is 1330. The van der Waals surface area contributed by atoms with Crippen LogP contribution >= 0.6 is 11.6 Å². The minimum Gasteiger partial charge on any atom is -0.345 e. The highest BCUT2D eigenvalue weighted by atomic mass is 35.5. The van der Waals surface area contributed by atoms with Crippen molar-refractivity contribution in [2.24, 2.45) is 0 Å². The SMILES string of the molecule is Cc1ccc(C2C(c3ccc(Cl)cc3)C3(CCn4cccc4C3=O)ON2c2ccccc2)cc1. The molecule has 1 spiro atoms. The second kappa shape index (κ2) is 8.15. The lowest BCUT2D eigenvalue weighted by Gasteiger charge is -2.36. The van der Waals surface area contributed by atoms with E-state index in [2.05, 4.69) is 31.2 Å². The van der Waals surface area contributed by atoms with Gasteiger partial charge in [-0.2, -0.15) is 0 Å². The highest BCUT2D eigenvalue weighted by molar-refractivity contribution is 6.30. The maximum atomic E-state index is 14.2. The van der Waals surface area contributed by atoms with Crippen LogP contribution in [0.25, 0.3) is 0 Å². The van der Waals surface area contributed by atoms with Gasteiger partial charge in [-0.1, -0.05) is 71.8 Å². The molecule has 3 heterocycles. The highest BCUT2D eigenvalue weighted by Crippen LogP contribution is 2.56. The molecule has 0 saturated carbocycles. The molecule has 3 aromatic carbocycles. The fourth-order valence-corrected chi connectivity index (χ4v) is 5.62. The van der Waals surface area contributed by atoms with Crippen LogP contribution in [0.1, 0.15) is 45.6 Å². The van der Waals surface area contributed by atoms with Crippen molar-refractivity contribution in [2.45, 2.75) is 37.5 Å². The van der Waals surface area contributed by atoms with Crippen molar-refractivity contribution in [3.05, 3.63) is 125 Å². The summed E-state index contributed by atoms with van der Waals surface area (Å²) in [5.41, 5.74) is 3.95. The van der Waals surface area contributed by atoms with Crippen molar-refractivity contribution in [2.75, 3.05) is 5.06 Å². The number of hydrogen-bond acceptors (Lipinski definition) is 3. The van der Waals surface area contributed by atoms with Gasteiger partial charge in [0.25, 0.3) is 0 Å². The molecule has 0 N–H and O–H groups in total. The number of fused-ring (bicyclic) bond motifs is 1. The van der Waals surface area contributed by atoms with Crippen molar-refractivity contribution in [1.82, 2.24) is 4.57 Å². The normalized spacial score (nSPS) is 23.9. The zero-order chi connectivity index (χ0) is 23.3. The highest BCUT2D eigenvalue weighted by Gasteiger charge is 2.61. The fraction of sp³-hybridized carbons (Fsp3) is 0.207. The quantitative estimate of drug-likeness (QED) is 0.333. The minimum atomic E-state index is -1.02. The molecule has 0 aliphatic carbocycles. The smallest absolute Gasteiger partial charge is 0.214 e. The van der Waals surface area contributed by atoms with Gasteiger partial charge in [0.1, 0.15) is 0 Å². The lowest BCUT2D eigenvalue weighted by molar-refractivity contribution is -0.0195. The maximum absolute atomic E-state index is 14.2. The Kier molecular flexibility index (Phi) is 5.09. The molecule has 1 fully saturated rings. The Balaban J connectivity index is 1.59. The average molecular weight is 469 g/mol. The summed E-state index contributed by atoms with van der Waals surface area (Å²) in [4.78, 5) is 21.0. The van der Waals surface area contributed by atoms with E-state index >= 15 is 0 Å². The largest absolute Gasteiger partial charge is 0.345 e. The topological polar surface area (TPSA) is 34.5 Å². The number of carbonyl (C=O) groups is 1. The zero-order valence-corrected chi connectivity index (χ0v) is 19.7. The summed E-state index contributed by atoms with van der Waals surface area (Å²) in [5.74, 6) is -0.192. The van der Waals surface area contributed by atoms with Crippen molar-refractivity contribution < 1.29 is 9.63 Å². The Morgan fingerprint density at radius 3 is 2.32 bits per heavy atom. The number of hydroxylamine groups is 1. The molecule has 34 heavy (non-hydrogen) atoms. The summed E-state index contributed by atoms with van der Waals surface area (Å²) in [5, 5.41) is 2.63. The van der Waals surface area contributed by atoms with E-state index in [0.717, 1.165) is 23.4 Å². The Labute approximate surface area is 204 Å². The van der Waals surface area contributed by atoms with Crippen molar-refractivity contribution in [3.8, 4) is 0 Å². The molecule has 3 atom stereocenters. The van der Waals surface area contributed by atoms with E-state index in [-0.39, 0.29) is 17.7 Å². The van der Waals surface area contributed by atoms with E-state index in [1.807, 2.05) is 82.6 Å². The van der Waals surface area contributed by atoms with Gasteiger partial charge in [0.2, 0.25) is 5.78 Å². The van der Waals surface area contributed by atoms with Gasteiger partial charge in [0.05, 0.1) is 23.3 Å². The molecular weight excluding hydrogens is 444 g/mol. The molecule has 2 aliphatic heterocycles. The number of halogens is 1. The number of hydrogen-bond donors (Lipinski definition) is 0. The summed E-state index contributed by atoms with van der Waals surface area (Å²) in [6, 6.07) is 30.1. The van der Waals surface area contributed by atoms with Crippen LogP contribution in [0.3, 0.4) is 0 Å². The summed E-state index contributed by atoms with van der Waals surface area (Å²) < 4.78 is 2.03. The van der Waals surface area contributed by atoms with Gasteiger partial charge in [-0.3, -0.25) is 9.63 Å². The lowest BCUT2D eigenvalue weighted by Crippen LogP contribution is -2.48. The first-order chi connectivity index (χ1) is 16.6. The van der Waals surface area contributed by atoms with Gasteiger partial charge in [0, 0.05) is 24.2 Å². The van der Waals surface area contributed by atoms with E-state index in [1.165, 1.54) is 5.56 Å². The van der Waals surface area contributed by atoms with Gasteiger partial charge >= 0.3 is 0 Å². The molecule has 3 unspecified atom stereocenters. The molecule has 170 valence electrons. The van der Waals surface area contributed by atoms with E-state index in [1.54, 1.807) is 0 Å². The Morgan fingerprint density at radius 2 is 1.59 bits per heavy atom. The molecule has 0 bridgehead atoms. The fourth-order valence-electron chi connectivity index (χ4n) is 5.50. The summed E-state index contributed by atoms with van der Waals surface area (Å²) in [6.07, 6.45) is 2.56. The van der Waals surface area contributed by atoms with Gasteiger partial charge in [0.15, 0.2) is 5.60 Å².